The summed E-state index contributed by atoms with van der Waals surface area (Å²) in [5.74, 6) is -2.76. The van der Waals surface area contributed by atoms with Crippen LogP contribution in [0.4, 0.5) is 18.9 Å². The summed E-state index contributed by atoms with van der Waals surface area (Å²) in [5.41, 5.74) is 20.1. The number of aliphatic imine (C=N–C) groups is 1. The van der Waals surface area contributed by atoms with Gasteiger partial charge in [0.15, 0.2) is 11.9 Å². The average molecular weight is 512 g/mol. The summed E-state index contributed by atoms with van der Waals surface area (Å²) in [4.78, 5) is 27.8. The monoisotopic (exact) mass is 511 g/mol. The summed E-state index contributed by atoms with van der Waals surface area (Å²) in [6, 6.07) is 9.29. The van der Waals surface area contributed by atoms with Crippen LogP contribution in [0.5, 0.6) is 0 Å². The van der Waals surface area contributed by atoms with Crippen LogP contribution < -0.4 is 22.5 Å². The largest absolute Gasteiger partial charge is 0.490 e. The fourth-order valence-corrected chi connectivity index (χ4v) is 3.67. The zero-order valence-electron chi connectivity index (χ0n) is 18.3. The second-order valence-corrected chi connectivity index (χ2v) is 8.12. The maximum Gasteiger partial charge on any atom is 0.490 e. The molecule has 1 aliphatic heterocycles. The number of nitrogens with zero attached hydrogens (tertiary/aromatic N) is 2. The number of hydrogen-bond donors (Lipinski definition) is 6. The second kappa shape index (κ2) is 11.9. The van der Waals surface area contributed by atoms with Crippen LogP contribution in [0.25, 0.3) is 5.57 Å². The molecule has 0 fully saturated rings. The molecular formula is C21H24F3N7O3S. The molecule has 3 rings (SSSR count). The van der Waals surface area contributed by atoms with Crippen LogP contribution >= 0.6 is 11.3 Å². The van der Waals surface area contributed by atoms with Gasteiger partial charge in [-0.15, -0.1) is 11.3 Å². The number of halogens is 3. The normalized spacial score (nSPS) is 13.1. The molecule has 2 heterocycles. The first kappa shape index (κ1) is 27.2. The van der Waals surface area contributed by atoms with Gasteiger partial charge in [0.2, 0.25) is 0 Å². The number of guanidine groups is 2. The molecule has 0 spiro atoms. The molecular weight excluding hydrogens is 487 g/mol. The van der Waals surface area contributed by atoms with Crippen LogP contribution in [0.2, 0.25) is 0 Å². The van der Waals surface area contributed by atoms with Crippen LogP contribution in [0, 0.1) is 5.41 Å². The van der Waals surface area contributed by atoms with E-state index >= 15 is 0 Å². The molecule has 0 atom stereocenters. The minimum absolute atomic E-state index is 0.0490. The molecule has 188 valence electrons. The van der Waals surface area contributed by atoms with Crippen molar-refractivity contribution in [2.24, 2.45) is 22.2 Å². The fourth-order valence-electron chi connectivity index (χ4n) is 2.84. The average Bonchev–Trinajstić information content (AvgIpc) is 3.29. The molecule has 1 aromatic heterocycles. The Hall–Kier alpha value is -4.07. The number of carboxylic acid groups (broad SMARTS) is 1. The van der Waals surface area contributed by atoms with Crippen molar-refractivity contribution in [3.8, 4) is 0 Å². The number of hydrogen-bond acceptors (Lipinski definition) is 5. The lowest BCUT2D eigenvalue weighted by atomic mass is 10.0. The summed E-state index contributed by atoms with van der Waals surface area (Å²) in [5, 5.41) is 19.5. The van der Waals surface area contributed by atoms with Crippen LogP contribution in [0.3, 0.4) is 0 Å². The first-order valence-corrected chi connectivity index (χ1v) is 10.9. The van der Waals surface area contributed by atoms with Gasteiger partial charge in [-0.2, -0.15) is 13.2 Å². The highest BCUT2D eigenvalue weighted by Gasteiger charge is 2.38. The van der Waals surface area contributed by atoms with Gasteiger partial charge in [-0.05, 0) is 46.7 Å². The number of nitrogens with two attached hydrogens (primary N) is 3. The van der Waals surface area contributed by atoms with E-state index in [0.717, 1.165) is 17.5 Å². The first-order chi connectivity index (χ1) is 16.4. The van der Waals surface area contributed by atoms with Crippen molar-refractivity contribution in [2.75, 3.05) is 18.4 Å². The molecule has 1 aliphatic rings. The van der Waals surface area contributed by atoms with Gasteiger partial charge in [-0.1, -0.05) is 18.2 Å². The smallest absolute Gasteiger partial charge is 0.475 e. The van der Waals surface area contributed by atoms with Gasteiger partial charge in [0.1, 0.15) is 0 Å². The first-order valence-electron chi connectivity index (χ1n) is 9.99. The molecule has 14 heteroatoms. The lowest BCUT2D eigenvalue weighted by molar-refractivity contribution is -0.192. The zero-order valence-corrected chi connectivity index (χ0v) is 19.1. The second-order valence-electron chi connectivity index (χ2n) is 7.21. The van der Waals surface area contributed by atoms with E-state index < -0.39 is 12.1 Å². The number of nitrogens with one attached hydrogen (secondary N) is 2. The van der Waals surface area contributed by atoms with Crippen LogP contribution in [-0.4, -0.2) is 53.1 Å². The lowest BCUT2D eigenvalue weighted by Gasteiger charge is -2.26. The number of rotatable bonds is 5. The van der Waals surface area contributed by atoms with E-state index in [1.165, 1.54) is 16.9 Å². The van der Waals surface area contributed by atoms with E-state index in [0.29, 0.717) is 30.2 Å². The van der Waals surface area contributed by atoms with E-state index in [9.17, 15) is 18.0 Å². The van der Waals surface area contributed by atoms with Crippen molar-refractivity contribution < 1.29 is 27.9 Å². The van der Waals surface area contributed by atoms with Gasteiger partial charge in [0.25, 0.3) is 5.91 Å². The Kier molecular flexibility index (Phi) is 9.22. The van der Waals surface area contributed by atoms with Crippen LogP contribution in [0.1, 0.15) is 27.2 Å². The number of carbonyl (C=O) groups is 2. The molecule has 0 bridgehead atoms. The Bertz CT molecular complexity index is 1120. The van der Waals surface area contributed by atoms with Gasteiger partial charge in [-0.3, -0.25) is 10.2 Å². The van der Waals surface area contributed by atoms with Crippen molar-refractivity contribution in [2.45, 2.75) is 19.1 Å². The number of amides is 1. The van der Waals surface area contributed by atoms with Gasteiger partial charge < -0.3 is 32.5 Å². The minimum atomic E-state index is -5.08. The molecule has 2 aromatic rings. The predicted octanol–water partition coefficient (Wildman–Crippen LogP) is 2.39. The van der Waals surface area contributed by atoms with Crippen molar-refractivity contribution >= 4 is 46.4 Å². The van der Waals surface area contributed by atoms with E-state index in [1.54, 1.807) is 4.90 Å². The van der Waals surface area contributed by atoms with Crippen molar-refractivity contribution in [3.63, 3.8) is 0 Å². The minimum Gasteiger partial charge on any atom is -0.475 e. The molecule has 35 heavy (non-hydrogen) atoms. The number of aliphatic carboxylic acids is 1. The molecule has 0 saturated heterocycles. The van der Waals surface area contributed by atoms with Crippen LogP contribution in [-0.2, 0) is 11.3 Å². The highest BCUT2D eigenvalue weighted by atomic mass is 32.1. The van der Waals surface area contributed by atoms with Gasteiger partial charge in [0, 0.05) is 18.8 Å². The number of benzene rings is 1. The van der Waals surface area contributed by atoms with Crippen molar-refractivity contribution in [1.29, 1.82) is 5.41 Å². The summed E-state index contributed by atoms with van der Waals surface area (Å²) < 4.78 is 31.7. The lowest BCUT2D eigenvalue weighted by Crippen LogP contribution is -2.39. The predicted molar refractivity (Wildman–Crippen MR) is 128 cm³/mol. The van der Waals surface area contributed by atoms with Crippen LogP contribution in [0.15, 0.2) is 46.8 Å². The highest BCUT2D eigenvalue weighted by Crippen LogP contribution is 2.27. The maximum atomic E-state index is 12.5. The molecule has 0 radical (unpaired) electrons. The molecule has 0 unspecified atom stereocenters. The molecule has 9 N–H and O–H groups in total. The number of thiophene rings is 1. The third kappa shape index (κ3) is 8.66. The Labute approximate surface area is 202 Å². The van der Waals surface area contributed by atoms with Crippen molar-refractivity contribution in [1.82, 2.24) is 4.90 Å². The molecule has 10 nitrogen and oxygen atoms in total. The number of carboxylic acids is 1. The molecule has 0 aliphatic carbocycles. The fraction of sp³-hybridized carbons (Fsp3) is 0.238. The summed E-state index contributed by atoms with van der Waals surface area (Å²) in [7, 11) is 0. The van der Waals surface area contributed by atoms with E-state index in [4.69, 9.17) is 32.5 Å². The van der Waals surface area contributed by atoms with Gasteiger partial charge in [0.05, 0.1) is 11.4 Å². The molecule has 1 aromatic carbocycles. The Morgan fingerprint density at radius 2 is 1.83 bits per heavy atom. The third-order valence-corrected chi connectivity index (χ3v) is 5.57. The number of alkyl halides is 3. The summed E-state index contributed by atoms with van der Waals surface area (Å²) >= 11 is 1.41. The molecule has 1 amide bonds. The Morgan fingerprint density at radius 3 is 2.31 bits per heavy atom. The summed E-state index contributed by atoms with van der Waals surface area (Å²) in [6.07, 6.45) is -2.22. The molecule has 0 saturated carbocycles. The Morgan fingerprint density at radius 1 is 1.20 bits per heavy atom. The Balaban J connectivity index is 0.000000540. The van der Waals surface area contributed by atoms with E-state index in [1.807, 2.05) is 35.7 Å². The quantitative estimate of drug-likeness (QED) is 0.263. The highest BCUT2D eigenvalue weighted by molar-refractivity contribution is 7.12. The van der Waals surface area contributed by atoms with Gasteiger partial charge >= 0.3 is 12.1 Å². The SMILES string of the molecule is N=C(N)N1CC=C(c2csc(C(=O)Nc3ccc(CN=C(N)N)cc3)c2)CC1.O=C(O)C(F)(F)F. The zero-order chi connectivity index (χ0) is 26.2. The third-order valence-electron chi connectivity index (χ3n) is 4.64. The summed E-state index contributed by atoms with van der Waals surface area (Å²) in [6.45, 7) is 1.74. The van der Waals surface area contributed by atoms with Gasteiger partial charge in [-0.25, -0.2) is 9.79 Å². The number of anilines is 1. The standard InChI is InChI=1S/C19H23N7OS.C2HF3O2/c20-18(21)24-10-12-1-3-15(4-2-12)25-17(27)16-9-14(11-28-16)13-5-7-26(8-6-13)19(22)23;3-2(4,5)1(6)7/h1-5,9,11H,6-8,10H2,(H3,22,23)(H,25,27)(H4,20,21,24);(H,6,7). The topological polar surface area (TPSA) is 184 Å². The van der Waals surface area contributed by atoms with E-state index in [-0.39, 0.29) is 17.8 Å². The van der Waals surface area contributed by atoms with Crippen molar-refractivity contribution in [3.05, 3.63) is 57.8 Å². The maximum absolute atomic E-state index is 12.5. The van der Waals surface area contributed by atoms with E-state index in [2.05, 4.69) is 16.4 Å². The number of carbonyl (C=O) groups excluding carboxylic acids is 1.